The molecule has 0 bridgehead atoms. The van der Waals surface area contributed by atoms with Gasteiger partial charge in [-0.2, -0.15) is 0 Å². The second kappa shape index (κ2) is 9.79. The van der Waals surface area contributed by atoms with Gasteiger partial charge in [-0.3, -0.25) is 4.79 Å². The summed E-state index contributed by atoms with van der Waals surface area (Å²) in [4.78, 5) is 11.7. The molecule has 0 aromatic rings. The van der Waals surface area contributed by atoms with E-state index in [2.05, 4.69) is 34.6 Å². The third-order valence-corrected chi connectivity index (χ3v) is 11.4. The van der Waals surface area contributed by atoms with E-state index in [4.69, 9.17) is 16.3 Å². The molecule has 0 saturated heterocycles. The Hall–Kier alpha value is -0.240. The molecule has 0 aromatic heterocycles. The van der Waals surface area contributed by atoms with Gasteiger partial charge in [0, 0.05) is 0 Å². The SMILES string of the molecule is CC(C)CCCC(C)[C@H]1CCC2C3CCC4CC(OC(=O)CCl)CC[C@]4(C)C3CC[C@@]21C. The van der Waals surface area contributed by atoms with E-state index in [9.17, 15) is 4.79 Å². The zero-order valence-electron chi connectivity index (χ0n) is 21.5. The summed E-state index contributed by atoms with van der Waals surface area (Å²) in [5.41, 5.74) is 1.03. The van der Waals surface area contributed by atoms with Crippen LogP contribution in [0.3, 0.4) is 0 Å². The average molecular weight is 465 g/mol. The van der Waals surface area contributed by atoms with Crippen LogP contribution < -0.4 is 0 Å². The Labute approximate surface area is 203 Å². The highest BCUT2D eigenvalue weighted by atomic mass is 35.5. The largest absolute Gasteiger partial charge is 0.461 e. The first-order valence-corrected chi connectivity index (χ1v) is 14.5. The van der Waals surface area contributed by atoms with Crippen LogP contribution in [0, 0.1) is 52.3 Å². The molecule has 0 radical (unpaired) electrons. The molecule has 4 fully saturated rings. The third-order valence-electron chi connectivity index (χ3n) is 11.2. The zero-order chi connectivity index (χ0) is 23.1. The second-order valence-electron chi connectivity index (χ2n) is 13.2. The highest BCUT2D eigenvalue weighted by Crippen LogP contribution is 2.68. The van der Waals surface area contributed by atoms with Crippen molar-refractivity contribution < 1.29 is 9.53 Å². The maximum absolute atomic E-state index is 11.7. The number of halogens is 1. The lowest BCUT2D eigenvalue weighted by molar-refractivity contribution is -0.160. The molecule has 6 unspecified atom stereocenters. The topological polar surface area (TPSA) is 26.3 Å². The van der Waals surface area contributed by atoms with Crippen molar-refractivity contribution in [3.63, 3.8) is 0 Å². The lowest BCUT2D eigenvalue weighted by Gasteiger charge is -2.61. The van der Waals surface area contributed by atoms with Crippen LogP contribution in [0.1, 0.15) is 112 Å². The number of ether oxygens (including phenoxy) is 1. The Kier molecular flexibility index (Phi) is 7.61. The predicted molar refractivity (Wildman–Crippen MR) is 134 cm³/mol. The van der Waals surface area contributed by atoms with Gasteiger partial charge < -0.3 is 4.74 Å². The first-order chi connectivity index (χ1) is 15.2. The van der Waals surface area contributed by atoms with E-state index in [0.717, 1.165) is 54.3 Å². The molecule has 0 N–H and O–H groups in total. The van der Waals surface area contributed by atoms with Gasteiger partial charge in [0.2, 0.25) is 0 Å². The first-order valence-electron chi connectivity index (χ1n) is 13.9. The molecule has 2 nitrogen and oxygen atoms in total. The highest BCUT2D eigenvalue weighted by molar-refractivity contribution is 6.26. The molecule has 32 heavy (non-hydrogen) atoms. The predicted octanol–water partition coefficient (Wildman–Crippen LogP) is 8.26. The monoisotopic (exact) mass is 464 g/mol. The Bertz CT molecular complexity index is 662. The fraction of sp³-hybridized carbons (Fsp3) is 0.966. The highest BCUT2D eigenvalue weighted by Gasteiger charge is 2.60. The molecule has 3 heteroatoms. The summed E-state index contributed by atoms with van der Waals surface area (Å²) in [5.74, 6) is 5.92. The summed E-state index contributed by atoms with van der Waals surface area (Å²) in [7, 11) is 0. The second-order valence-corrected chi connectivity index (χ2v) is 13.5. The summed E-state index contributed by atoms with van der Waals surface area (Å²) in [5, 5.41) is 0. The number of fused-ring (bicyclic) bond motifs is 5. The van der Waals surface area contributed by atoms with E-state index < -0.39 is 0 Å². The Morgan fingerprint density at radius 1 is 0.938 bits per heavy atom. The van der Waals surface area contributed by atoms with Gasteiger partial charge in [-0.25, -0.2) is 0 Å². The van der Waals surface area contributed by atoms with E-state index in [1.165, 1.54) is 64.2 Å². The lowest BCUT2D eigenvalue weighted by Crippen LogP contribution is -2.54. The van der Waals surface area contributed by atoms with Gasteiger partial charge in [-0.15, -0.1) is 11.6 Å². The number of rotatable bonds is 7. The van der Waals surface area contributed by atoms with Gasteiger partial charge in [0.05, 0.1) is 0 Å². The normalized spacial score (nSPS) is 44.5. The molecule has 0 aromatic carbocycles. The van der Waals surface area contributed by atoms with Crippen LogP contribution in [0.15, 0.2) is 0 Å². The lowest BCUT2D eigenvalue weighted by atomic mass is 9.44. The average Bonchev–Trinajstić information content (AvgIpc) is 3.11. The molecule has 4 aliphatic rings. The molecule has 184 valence electrons. The summed E-state index contributed by atoms with van der Waals surface area (Å²) < 4.78 is 5.67. The van der Waals surface area contributed by atoms with Gasteiger partial charge in [0.1, 0.15) is 12.0 Å². The van der Waals surface area contributed by atoms with Crippen LogP contribution in [0.5, 0.6) is 0 Å². The third kappa shape index (κ3) is 4.52. The van der Waals surface area contributed by atoms with Crippen LogP contribution in [0.4, 0.5) is 0 Å². The van der Waals surface area contributed by atoms with Crippen LogP contribution in [-0.2, 0) is 9.53 Å². The summed E-state index contributed by atoms with van der Waals surface area (Å²) in [6, 6.07) is 0. The fourth-order valence-corrected chi connectivity index (χ4v) is 9.63. The van der Waals surface area contributed by atoms with Gasteiger partial charge >= 0.3 is 5.97 Å². The van der Waals surface area contributed by atoms with Crippen LogP contribution in [-0.4, -0.2) is 18.0 Å². The van der Waals surface area contributed by atoms with Gasteiger partial charge in [0.15, 0.2) is 0 Å². The van der Waals surface area contributed by atoms with Gasteiger partial charge in [-0.05, 0) is 110 Å². The number of hydrogen-bond donors (Lipinski definition) is 0. The minimum absolute atomic E-state index is 0.0134. The van der Waals surface area contributed by atoms with Gasteiger partial charge in [-0.1, -0.05) is 53.9 Å². The quantitative estimate of drug-likeness (QED) is 0.280. The van der Waals surface area contributed by atoms with Crippen LogP contribution in [0.2, 0.25) is 0 Å². The maximum Gasteiger partial charge on any atom is 0.321 e. The smallest absolute Gasteiger partial charge is 0.321 e. The molecule has 4 saturated carbocycles. The van der Waals surface area contributed by atoms with E-state index in [-0.39, 0.29) is 18.0 Å². The van der Waals surface area contributed by atoms with E-state index in [1.807, 2.05) is 0 Å². The van der Waals surface area contributed by atoms with Crippen molar-refractivity contribution in [3.05, 3.63) is 0 Å². The van der Waals surface area contributed by atoms with Crippen LogP contribution in [0.25, 0.3) is 0 Å². The van der Waals surface area contributed by atoms with E-state index in [0.29, 0.717) is 10.8 Å². The van der Waals surface area contributed by atoms with Crippen LogP contribution >= 0.6 is 11.6 Å². The maximum atomic E-state index is 11.7. The minimum Gasteiger partial charge on any atom is -0.461 e. The molecule has 0 amide bonds. The van der Waals surface area contributed by atoms with Crippen molar-refractivity contribution in [2.24, 2.45) is 52.3 Å². The molecule has 4 rings (SSSR count). The number of esters is 1. The van der Waals surface area contributed by atoms with Crippen molar-refractivity contribution >= 4 is 17.6 Å². The minimum atomic E-state index is -0.234. The first kappa shape index (κ1) is 24.9. The van der Waals surface area contributed by atoms with Crippen molar-refractivity contribution in [2.75, 3.05) is 5.88 Å². The summed E-state index contributed by atoms with van der Waals surface area (Å²) >= 11 is 5.69. The molecular formula is C29H49ClO2. The molecule has 0 spiro atoms. The van der Waals surface area contributed by atoms with Crippen molar-refractivity contribution in [1.29, 1.82) is 0 Å². The number of alkyl halides is 1. The standard InChI is InChI=1S/C29H49ClO2/c1-19(2)7-6-8-20(3)24-11-12-25-23-10-9-21-17-22(32-27(31)18-30)13-15-28(21,4)26(23)14-16-29(24,25)5/h19-26H,6-18H2,1-5H3/t20?,21?,22?,23?,24-,25?,26?,28+,29-/m1/s1. The molecule has 0 aliphatic heterocycles. The van der Waals surface area contributed by atoms with E-state index in [1.54, 1.807) is 0 Å². The summed E-state index contributed by atoms with van der Waals surface area (Å²) in [6.07, 6.45) is 16.3. The molecule has 4 aliphatic carbocycles. The fourth-order valence-electron chi connectivity index (χ4n) is 9.57. The van der Waals surface area contributed by atoms with Crippen molar-refractivity contribution in [3.8, 4) is 0 Å². The molecule has 0 heterocycles. The van der Waals surface area contributed by atoms with Gasteiger partial charge in [0.25, 0.3) is 0 Å². The van der Waals surface area contributed by atoms with Crippen molar-refractivity contribution in [1.82, 2.24) is 0 Å². The number of carbonyl (C=O) groups is 1. The Morgan fingerprint density at radius 3 is 2.38 bits per heavy atom. The number of carbonyl (C=O) groups excluding carboxylic acids is 1. The summed E-state index contributed by atoms with van der Waals surface area (Å²) in [6.45, 7) is 12.6. The number of hydrogen-bond acceptors (Lipinski definition) is 2. The zero-order valence-corrected chi connectivity index (χ0v) is 22.3. The molecule has 9 atom stereocenters. The Balaban J connectivity index is 1.42. The van der Waals surface area contributed by atoms with Crippen molar-refractivity contribution in [2.45, 2.75) is 118 Å². The Morgan fingerprint density at radius 2 is 1.66 bits per heavy atom. The molecular weight excluding hydrogens is 416 g/mol. The van der Waals surface area contributed by atoms with E-state index >= 15 is 0 Å².